The molecule has 2 aliphatic heterocycles. The predicted octanol–water partition coefficient (Wildman–Crippen LogP) is 1.41. The number of carbonyl (C=O) groups is 1. The van der Waals surface area contributed by atoms with Crippen molar-refractivity contribution in [1.82, 2.24) is 4.90 Å². The molecular formula is C16H20FNO5S2. The molecule has 3 rings (SSSR count). The molecule has 0 N–H and O–H groups in total. The van der Waals surface area contributed by atoms with E-state index in [0.717, 1.165) is 37.5 Å². The molecule has 138 valence electrons. The number of halogens is 1. The first-order valence-electron chi connectivity index (χ1n) is 8.24. The third kappa shape index (κ3) is 3.72. The summed E-state index contributed by atoms with van der Waals surface area (Å²) in [6.45, 7) is 1.05. The normalized spacial score (nSPS) is 23.6. The van der Waals surface area contributed by atoms with Crippen LogP contribution in [0.15, 0.2) is 23.1 Å². The van der Waals surface area contributed by atoms with Crippen LogP contribution >= 0.6 is 0 Å². The van der Waals surface area contributed by atoms with Crippen molar-refractivity contribution < 1.29 is 26.0 Å². The first kappa shape index (κ1) is 18.3. The van der Waals surface area contributed by atoms with E-state index >= 15 is 0 Å². The molecule has 9 heteroatoms. The first-order chi connectivity index (χ1) is 11.7. The van der Waals surface area contributed by atoms with Crippen molar-refractivity contribution in [3.8, 4) is 0 Å². The Labute approximate surface area is 146 Å². The monoisotopic (exact) mass is 389 g/mol. The second-order valence-electron chi connectivity index (χ2n) is 6.56. The standard InChI is InChI=1S/C16H20FNO5S2/c17-15-5-4-12(25(22,23)13-6-9-24(20,21)11-13)10-14(15)16(19)18-7-2-1-3-8-18/h4-5,10,13H,1-3,6-9,11H2. The average Bonchev–Trinajstić information content (AvgIpc) is 2.96. The van der Waals surface area contributed by atoms with Crippen molar-refractivity contribution in [1.29, 1.82) is 0 Å². The van der Waals surface area contributed by atoms with E-state index < -0.39 is 42.4 Å². The Balaban J connectivity index is 1.92. The molecule has 0 spiro atoms. The minimum Gasteiger partial charge on any atom is -0.339 e. The van der Waals surface area contributed by atoms with Gasteiger partial charge in [0.2, 0.25) is 0 Å². The van der Waals surface area contributed by atoms with Crippen LogP contribution in [0.2, 0.25) is 0 Å². The zero-order valence-corrected chi connectivity index (χ0v) is 15.3. The molecule has 0 aliphatic carbocycles. The summed E-state index contributed by atoms with van der Waals surface area (Å²) in [7, 11) is -7.30. The van der Waals surface area contributed by atoms with Gasteiger partial charge in [0.25, 0.3) is 5.91 Å². The maximum absolute atomic E-state index is 14.1. The van der Waals surface area contributed by atoms with Gasteiger partial charge in [0, 0.05) is 13.1 Å². The quantitative estimate of drug-likeness (QED) is 0.730. The largest absolute Gasteiger partial charge is 0.339 e. The highest BCUT2D eigenvalue weighted by Crippen LogP contribution is 2.27. The van der Waals surface area contributed by atoms with Gasteiger partial charge in [-0.2, -0.15) is 0 Å². The summed E-state index contributed by atoms with van der Waals surface area (Å²) < 4.78 is 62.6. The highest BCUT2D eigenvalue weighted by molar-refractivity contribution is 7.96. The van der Waals surface area contributed by atoms with Gasteiger partial charge < -0.3 is 4.90 Å². The fraction of sp³-hybridized carbons (Fsp3) is 0.562. The number of benzene rings is 1. The van der Waals surface area contributed by atoms with E-state index in [-0.39, 0.29) is 22.6 Å². The SMILES string of the molecule is O=C(c1cc(S(=O)(=O)C2CCS(=O)(=O)C2)ccc1F)N1CCCCC1. The number of hydrogen-bond donors (Lipinski definition) is 0. The maximum atomic E-state index is 14.1. The lowest BCUT2D eigenvalue weighted by molar-refractivity contribution is 0.0719. The van der Waals surface area contributed by atoms with Crippen molar-refractivity contribution in [2.24, 2.45) is 0 Å². The van der Waals surface area contributed by atoms with Crippen molar-refractivity contribution >= 4 is 25.6 Å². The van der Waals surface area contributed by atoms with E-state index in [9.17, 15) is 26.0 Å². The second kappa shape index (κ2) is 6.68. The van der Waals surface area contributed by atoms with Crippen LogP contribution in [0.3, 0.4) is 0 Å². The number of rotatable bonds is 3. The summed E-state index contributed by atoms with van der Waals surface area (Å²) in [5.74, 6) is -1.89. The van der Waals surface area contributed by atoms with Gasteiger partial charge in [-0.25, -0.2) is 21.2 Å². The van der Waals surface area contributed by atoms with Gasteiger partial charge in [-0.15, -0.1) is 0 Å². The number of sulfone groups is 2. The Bertz CT molecular complexity index is 889. The molecule has 0 aromatic heterocycles. The molecule has 25 heavy (non-hydrogen) atoms. The van der Waals surface area contributed by atoms with E-state index in [2.05, 4.69) is 0 Å². The van der Waals surface area contributed by atoms with Crippen LogP contribution < -0.4 is 0 Å². The third-order valence-corrected chi connectivity index (χ3v) is 8.94. The zero-order chi connectivity index (χ0) is 18.2. The summed E-state index contributed by atoms with van der Waals surface area (Å²) in [5, 5.41) is -1.04. The zero-order valence-electron chi connectivity index (χ0n) is 13.6. The number of amides is 1. The number of piperidine rings is 1. The van der Waals surface area contributed by atoms with Gasteiger partial charge in [0.15, 0.2) is 19.7 Å². The molecule has 2 aliphatic rings. The van der Waals surface area contributed by atoms with Crippen LogP contribution in [0, 0.1) is 5.82 Å². The van der Waals surface area contributed by atoms with Crippen LogP contribution in [0.4, 0.5) is 4.39 Å². The fourth-order valence-electron chi connectivity index (χ4n) is 3.31. The van der Waals surface area contributed by atoms with Gasteiger partial charge in [-0.3, -0.25) is 4.79 Å². The Morgan fingerprint density at radius 2 is 1.84 bits per heavy atom. The molecule has 6 nitrogen and oxygen atoms in total. The van der Waals surface area contributed by atoms with Crippen molar-refractivity contribution in [3.05, 3.63) is 29.6 Å². The van der Waals surface area contributed by atoms with Gasteiger partial charge in [-0.05, 0) is 43.9 Å². The molecule has 1 aromatic carbocycles. The number of hydrogen-bond acceptors (Lipinski definition) is 5. The van der Waals surface area contributed by atoms with Crippen LogP contribution in [0.1, 0.15) is 36.0 Å². The molecular weight excluding hydrogens is 369 g/mol. The van der Waals surface area contributed by atoms with Gasteiger partial charge in [-0.1, -0.05) is 0 Å². The minimum atomic E-state index is -3.93. The topological polar surface area (TPSA) is 88.6 Å². The molecule has 0 saturated carbocycles. The second-order valence-corrected chi connectivity index (χ2v) is 11.0. The van der Waals surface area contributed by atoms with Crippen LogP contribution in [-0.4, -0.2) is 57.5 Å². The van der Waals surface area contributed by atoms with E-state index in [1.165, 1.54) is 4.90 Å². The fourth-order valence-corrected chi connectivity index (χ4v) is 7.69. The van der Waals surface area contributed by atoms with E-state index in [1.807, 2.05) is 0 Å². The molecule has 2 heterocycles. The highest BCUT2D eigenvalue weighted by atomic mass is 32.2. The minimum absolute atomic E-state index is 0.0252. The summed E-state index contributed by atoms with van der Waals surface area (Å²) in [4.78, 5) is 13.8. The van der Waals surface area contributed by atoms with Crippen LogP contribution in [-0.2, 0) is 19.7 Å². The predicted molar refractivity (Wildman–Crippen MR) is 90.4 cm³/mol. The van der Waals surface area contributed by atoms with Gasteiger partial charge in [0.1, 0.15) is 5.82 Å². The number of carbonyl (C=O) groups excluding carboxylic acids is 1. The third-order valence-electron chi connectivity index (χ3n) is 4.77. The van der Waals surface area contributed by atoms with E-state index in [0.29, 0.717) is 13.1 Å². The maximum Gasteiger partial charge on any atom is 0.256 e. The van der Waals surface area contributed by atoms with Crippen molar-refractivity contribution in [2.45, 2.75) is 35.8 Å². The average molecular weight is 389 g/mol. The molecule has 2 fully saturated rings. The first-order valence-corrected chi connectivity index (χ1v) is 11.6. The lowest BCUT2D eigenvalue weighted by Gasteiger charge is -2.27. The van der Waals surface area contributed by atoms with Crippen molar-refractivity contribution in [2.75, 3.05) is 24.6 Å². The molecule has 1 atom stereocenters. The summed E-state index contributed by atoms with van der Waals surface area (Å²) >= 11 is 0. The Morgan fingerprint density at radius 1 is 1.16 bits per heavy atom. The summed E-state index contributed by atoms with van der Waals surface area (Å²) in [5.41, 5.74) is -0.274. The number of nitrogens with zero attached hydrogens (tertiary/aromatic N) is 1. The Morgan fingerprint density at radius 3 is 2.44 bits per heavy atom. The number of likely N-dealkylation sites (tertiary alicyclic amines) is 1. The summed E-state index contributed by atoms with van der Waals surface area (Å²) in [6, 6.07) is 3.11. The molecule has 0 bridgehead atoms. The van der Waals surface area contributed by atoms with Gasteiger partial charge in [0.05, 0.1) is 27.2 Å². The van der Waals surface area contributed by atoms with Crippen molar-refractivity contribution in [3.63, 3.8) is 0 Å². The molecule has 1 aromatic rings. The lowest BCUT2D eigenvalue weighted by atomic mass is 10.1. The smallest absolute Gasteiger partial charge is 0.256 e. The molecule has 1 amide bonds. The van der Waals surface area contributed by atoms with Crippen LogP contribution in [0.25, 0.3) is 0 Å². The molecule has 0 radical (unpaired) electrons. The highest BCUT2D eigenvalue weighted by Gasteiger charge is 2.38. The molecule has 1 unspecified atom stereocenters. The molecule has 2 saturated heterocycles. The Kier molecular flexibility index (Phi) is 4.89. The van der Waals surface area contributed by atoms with Gasteiger partial charge >= 0.3 is 0 Å². The Hall–Kier alpha value is -1.48. The van der Waals surface area contributed by atoms with E-state index in [1.54, 1.807) is 0 Å². The lowest BCUT2D eigenvalue weighted by Crippen LogP contribution is -2.36. The van der Waals surface area contributed by atoms with Crippen LogP contribution in [0.5, 0.6) is 0 Å². The van der Waals surface area contributed by atoms with E-state index in [4.69, 9.17) is 0 Å². The summed E-state index contributed by atoms with van der Waals surface area (Å²) in [6.07, 6.45) is 2.71.